The van der Waals surface area contributed by atoms with Gasteiger partial charge in [-0.3, -0.25) is 4.79 Å². The summed E-state index contributed by atoms with van der Waals surface area (Å²) in [5, 5.41) is 6.95. The lowest BCUT2D eigenvalue weighted by atomic mass is 10.3. The van der Waals surface area contributed by atoms with Gasteiger partial charge in [0.05, 0.1) is 21.4 Å². The highest BCUT2D eigenvalue weighted by atomic mass is 35.5. The number of hydrogen-bond donors (Lipinski definition) is 2. The van der Waals surface area contributed by atoms with Crippen LogP contribution in [0.4, 0.5) is 20.9 Å². The average Bonchev–Trinajstić information content (AvgIpc) is 2.94. The maximum absolute atomic E-state index is 13.0. The Labute approximate surface area is 157 Å². The van der Waals surface area contributed by atoms with Gasteiger partial charge in [0.1, 0.15) is 10.7 Å². The summed E-state index contributed by atoms with van der Waals surface area (Å²) < 4.78 is 13.0. The molecule has 0 aliphatic heterocycles. The van der Waals surface area contributed by atoms with Crippen LogP contribution in [0.1, 0.15) is 15.4 Å². The summed E-state index contributed by atoms with van der Waals surface area (Å²) in [5.41, 5.74) is 1.69. The zero-order chi connectivity index (χ0) is 18.0. The van der Waals surface area contributed by atoms with Gasteiger partial charge in [-0.15, -0.1) is 0 Å². The topological polar surface area (TPSA) is 54.0 Å². The molecule has 1 heterocycles. The number of nitrogens with zero attached hydrogens (tertiary/aromatic N) is 1. The molecule has 0 atom stereocenters. The molecule has 1 amide bonds. The van der Waals surface area contributed by atoms with E-state index in [1.807, 2.05) is 0 Å². The van der Waals surface area contributed by atoms with Crippen molar-refractivity contribution in [3.05, 3.63) is 68.9 Å². The van der Waals surface area contributed by atoms with E-state index in [4.69, 9.17) is 23.2 Å². The molecule has 3 aromatic rings. The van der Waals surface area contributed by atoms with Gasteiger partial charge in [0.2, 0.25) is 0 Å². The van der Waals surface area contributed by atoms with E-state index < -0.39 is 0 Å². The van der Waals surface area contributed by atoms with Crippen molar-refractivity contribution in [3.63, 3.8) is 0 Å². The SMILES string of the molecule is Cc1nc(Nc2ccc(F)cc2)sc1C(=O)Nc1cccc(Cl)c1Cl. The summed E-state index contributed by atoms with van der Waals surface area (Å²) in [5.74, 6) is -0.648. The van der Waals surface area contributed by atoms with Crippen LogP contribution in [0.25, 0.3) is 0 Å². The number of nitrogens with one attached hydrogen (secondary N) is 2. The number of aryl methyl sites for hydroxylation is 1. The van der Waals surface area contributed by atoms with Crippen LogP contribution in [-0.2, 0) is 0 Å². The van der Waals surface area contributed by atoms with E-state index in [9.17, 15) is 9.18 Å². The van der Waals surface area contributed by atoms with Crippen molar-refractivity contribution in [2.45, 2.75) is 6.92 Å². The molecule has 0 unspecified atom stereocenters. The first-order valence-electron chi connectivity index (χ1n) is 7.19. The highest BCUT2D eigenvalue weighted by Crippen LogP contribution is 2.31. The summed E-state index contributed by atoms with van der Waals surface area (Å²) in [6.45, 7) is 1.74. The Morgan fingerprint density at radius 3 is 2.60 bits per heavy atom. The first-order chi connectivity index (χ1) is 11.9. The number of benzene rings is 2. The van der Waals surface area contributed by atoms with Gasteiger partial charge in [-0.05, 0) is 43.3 Å². The van der Waals surface area contributed by atoms with Crippen LogP contribution in [0, 0.1) is 12.7 Å². The van der Waals surface area contributed by atoms with E-state index in [1.54, 1.807) is 37.3 Å². The molecule has 0 saturated heterocycles. The Hall–Kier alpha value is -2.15. The maximum atomic E-state index is 13.0. The molecule has 0 spiro atoms. The molecular formula is C17H12Cl2FN3OS. The van der Waals surface area contributed by atoms with Crippen molar-refractivity contribution >= 4 is 57.0 Å². The summed E-state index contributed by atoms with van der Waals surface area (Å²) in [7, 11) is 0. The molecule has 0 radical (unpaired) electrons. The summed E-state index contributed by atoms with van der Waals surface area (Å²) >= 11 is 13.2. The highest BCUT2D eigenvalue weighted by Gasteiger charge is 2.17. The number of amides is 1. The molecule has 8 heteroatoms. The van der Waals surface area contributed by atoms with E-state index in [0.717, 1.165) is 0 Å². The number of anilines is 3. The zero-order valence-corrected chi connectivity index (χ0v) is 15.3. The number of rotatable bonds is 4. The van der Waals surface area contributed by atoms with E-state index in [0.29, 0.717) is 32.1 Å². The molecule has 1 aromatic heterocycles. The van der Waals surface area contributed by atoms with Gasteiger partial charge >= 0.3 is 0 Å². The summed E-state index contributed by atoms with van der Waals surface area (Å²) in [6.07, 6.45) is 0. The van der Waals surface area contributed by atoms with Gasteiger partial charge < -0.3 is 10.6 Å². The van der Waals surface area contributed by atoms with Crippen molar-refractivity contribution in [1.82, 2.24) is 4.98 Å². The molecule has 25 heavy (non-hydrogen) atoms. The van der Waals surface area contributed by atoms with Crippen molar-refractivity contribution in [2.24, 2.45) is 0 Å². The van der Waals surface area contributed by atoms with Crippen LogP contribution in [0.5, 0.6) is 0 Å². The monoisotopic (exact) mass is 395 g/mol. The summed E-state index contributed by atoms with van der Waals surface area (Å²) in [4.78, 5) is 17.3. The third-order valence-electron chi connectivity index (χ3n) is 3.30. The minimum atomic E-state index is -0.327. The predicted octanol–water partition coefficient (Wildman–Crippen LogP) is 5.89. The molecule has 4 nitrogen and oxygen atoms in total. The van der Waals surface area contributed by atoms with Crippen LogP contribution < -0.4 is 10.6 Å². The largest absolute Gasteiger partial charge is 0.332 e. The van der Waals surface area contributed by atoms with Crippen molar-refractivity contribution in [2.75, 3.05) is 10.6 Å². The Morgan fingerprint density at radius 2 is 1.88 bits per heavy atom. The van der Waals surface area contributed by atoms with Gasteiger partial charge in [-0.25, -0.2) is 9.37 Å². The third-order valence-corrected chi connectivity index (χ3v) is 5.19. The quantitative estimate of drug-likeness (QED) is 0.578. The lowest BCUT2D eigenvalue weighted by Gasteiger charge is -2.07. The highest BCUT2D eigenvalue weighted by molar-refractivity contribution is 7.17. The number of aromatic nitrogens is 1. The second-order valence-corrected chi connectivity index (χ2v) is 6.91. The fraction of sp³-hybridized carbons (Fsp3) is 0.0588. The minimum Gasteiger partial charge on any atom is -0.332 e. The van der Waals surface area contributed by atoms with E-state index in [2.05, 4.69) is 15.6 Å². The predicted molar refractivity (Wildman–Crippen MR) is 101 cm³/mol. The second kappa shape index (κ2) is 7.39. The summed E-state index contributed by atoms with van der Waals surface area (Å²) in [6, 6.07) is 10.9. The van der Waals surface area contributed by atoms with Crippen LogP contribution in [0.3, 0.4) is 0 Å². The Bertz CT molecular complexity index is 928. The number of hydrogen-bond acceptors (Lipinski definition) is 4. The number of carbonyl (C=O) groups is 1. The second-order valence-electron chi connectivity index (χ2n) is 5.12. The average molecular weight is 396 g/mol. The lowest BCUT2D eigenvalue weighted by Crippen LogP contribution is -2.11. The molecule has 0 aliphatic rings. The van der Waals surface area contributed by atoms with Crippen molar-refractivity contribution in [3.8, 4) is 0 Å². The molecule has 0 aliphatic carbocycles. The fourth-order valence-electron chi connectivity index (χ4n) is 2.10. The standard InChI is InChI=1S/C17H12Cl2FN3OS/c1-9-15(16(24)23-13-4-2-3-12(18)14(13)19)25-17(21-9)22-11-7-5-10(20)6-8-11/h2-8H,1H3,(H,21,22)(H,23,24). The molecule has 3 rings (SSSR count). The molecule has 0 fully saturated rings. The van der Waals surface area contributed by atoms with Crippen LogP contribution >= 0.6 is 34.5 Å². The zero-order valence-electron chi connectivity index (χ0n) is 12.9. The molecular weight excluding hydrogens is 384 g/mol. The number of thiazole rings is 1. The van der Waals surface area contributed by atoms with Crippen LogP contribution in [0.15, 0.2) is 42.5 Å². The molecule has 0 bridgehead atoms. The van der Waals surface area contributed by atoms with Gasteiger partial charge in [-0.2, -0.15) is 0 Å². The minimum absolute atomic E-state index is 0.282. The molecule has 128 valence electrons. The molecule has 2 N–H and O–H groups in total. The number of halogens is 3. The Kier molecular flexibility index (Phi) is 5.22. The number of carbonyl (C=O) groups excluding carboxylic acids is 1. The van der Waals surface area contributed by atoms with Crippen molar-refractivity contribution < 1.29 is 9.18 Å². The Balaban J connectivity index is 1.78. The van der Waals surface area contributed by atoms with Gasteiger partial charge in [0.25, 0.3) is 5.91 Å². The van der Waals surface area contributed by atoms with Gasteiger partial charge in [-0.1, -0.05) is 40.6 Å². The van der Waals surface area contributed by atoms with Gasteiger partial charge in [0, 0.05) is 5.69 Å². The van der Waals surface area contributed by atoms with E-state index >= 15 is 0 Å². The van der Waals surface area contributed by atoms with Crippen molar-refractivity contribution in [1.29, 1.82) is 0 Å². The van der Waals surface area contributed by atoms with Crippen LogP contribution in [0.2, 0.25) is 10.0 Å². The fourth-order valence-corrected chi connectivity index (χ4v) is 3.33. The molecule has 2 aromatic carbocycles. The van der Waals surface area contributed by atoms with Crippen LogP contribution in [-0.4, -0.2) is 10.9 Å². The maximum Gasteiger partial charge on any atom is 0.267 e. The Morgan fingerprint density at radius 1 is 1.16 bits per heavy atom. The third kappa shape index (κ3) is 4.10. The normalized spacial score (nSPS) is 10.6. The first kappa shape index (κ1) is 17.7. The smallest absolute Gasteiger partial charge is 0.267 e. The van der Waals surface area contributed by atoms with Gasteiger partial charge in [0.15, 0.2) is 5.13 Å². The van der Waals surface area contributed by atoms with E-state index in [-0.39, 0.29) is 16.7 Å². The van der Waals surface area contributed by atoms with E-state index in [1.165, 1.54) is 23.5 Å². The first-order valence-corrected chi connectivity index (χ1v) is 8.76. The lowest BCUT2D eigenvalue weighted by molar-refractivity contribution is 0.103. The molecule has 0 saturated carbocycles.